The summed E-state index contributed by atoms with van der Waals surface area (Å²) in [5, 5.41) is 7.07. The van der Waals surface area contributed by atoms with Crippen molar-refractivity contribution >= 4 is 65.6 Å². The topological polar surface area (TPSA) is 32.2 Å². The van der Waals surface area contributed by atoms with Gasteiger partial charge < -0.3 is 18.3 Å². The van der Waals surface area contributed by atoms with Gasteiger partial charge in [0.2, 0.25) is 0 Å². The van der Waals surface area contributed by atoms with Crippen molar-refractivity contribution in [2.75, 3.05) is 0 Å². The highest BCUT2D eigenvalue weighted by Gasteiger charge is 2.26. The molecule has 3 heterocycles. The number of furan rings is 1. The van der Waals surface area contributed by atoms with Crippen LogP contribution >= 0.6 is 0 Å². The lowest BCUT2D eigenvalue weighted by Gasteiger charge is -2.29. The molecule has 0 aliphatic heterocycles. The summed E-state index contributed by atoms with van der Waals surface area (Å²) in [5.74, 6) is 0.883. The van der Waals surface area contributed by atoms with Crippen LogP contribution in [0.2, 0.25) is 0 Å². The van der Waals surface area contributed by atoms with Gasteiger partial charge in [0.15, 0.2) is 0 Å². The molecule has 66 heavy (non-hydrogen) atoms. The fraction of sp³-hybridized carbons (Fsp3) is 0.129. The molecule has 0 bridgehead atoms. The van der Waals surface area contributed by atoms with Crippen molar-refractivity contribution in [2.45, 2.75) is 52.6 Å². The molecule has 4 heteroatoms. The van der Waals surface area contributed by atoms with Gasteiger partial charge in [-0.3, -0.25) is 0 Å². The van der Waals surface area contributed by atoms with E-state index in [0.717, 1.165) is 72.4 Å². The fourth-order valence-electron chi connectivity index (χ4n) is 10.1. The molecule has 12 aromatic rings. The summed E-state index contributed by atoms with van der Waals surface area (Å²) in [4.78, 5) is 0. The summed E-state index contributed by atoms with van der Waals surface area (Å²) in [6.07, 6.45) is 0. The van der Waals surface area contributed by atoms with Crippen molar-refractivity contribution in [3.63, 3.8) is 0 Å². The first-order valence-electron chi connectivity index (χ1n) is 23.0. The molecule has 0 unspecified atom stereocenters. The van der Waals surface area contributed by atoms with Gasteiger partial charge in [0.25, 0.3) is 0 Å². The molecule has 3 aromatic heterocycles. The average molecular weight is 855 g/mol. The Labute approximate surface area is 384 Å². The number of para-hydroxylation sites is 4. The molecular weight excluding hydrogens is 805 g/mol. The van der Waals surface area contributed by atoms with E-state index in [1.807, 2.05) is 0 Å². The summed E-state index contributed by atoms with van der Waals surface area (Å²) in [6, 6.07) is 70.6. The number of aromatic nitrogens is 2. The first kappa shape index (κ1) is 39.7. The molecule has 320 valence electrons. The van der Waals surface area contributed by atoms with Crippen LogP contribution in [0.25, 0.3) is 110 Å². The second-order valence-corrected chi connectivity index (χ2v) is 19.7. The number of hydrogen-bond donors (Lipinski definition) is 0. The summed E-state index contributed by atoms with van der Waals surface area (Å²) in [7, 11) is 0. The molecule has 0 radical (unpaired) electrons. The van der Waals surface area contributed by atoms with Crippen LogP contribution in [0.5, 0.6) is 5.75 Å². The predicted octanol–water partition coefficient (Wildman–Crippen LogP) is 17.3. The van der Waals surface area contributed by atoms with Crippen molar-refractivity contribution in [3.8, 4) is 50.5 Å². The zero-order chi connectivity index (χ0) is 44.9. The fourth-order valence-corrected chi connectivity index (χ4v) is 10.1. The Kier molecular flexibility index (Phi) is 8.95. The molecule has 4 nitrogen and oxygen atoms in total. The molecule has 12 rings (SSSR count). The van der Waals surface area contributed by atoms with Crippen molar-refractivity contribution < 1.29 is 9.15 Å². The molecule has 0 aliphatic rings. The Morgan fingerprint density at radius 2 is 0.788 bits per heavy atom. The molecule has 0 fully saturated rings. The quantitative estimate of drug-likeness (QED) is 0.167. The Morgan fingerprint density at radius 3 is 1.26 bits per heavy atom. The Morgan fingerprint density at radius 1 is 0.364 bits per heavy atom. The Hall–Kier alpha value is -7.82. The third-order valence-corrected chi connectivity index (χ3v) is 13.1. The minimum atomic E-state index is -0.422. The first-order chi connectivity index (χ1) is 32.0. The highest BCUT2D eigenvalue weighted by Crippen LogP contribution is 2.46. The van der Waals surface area contributed by atoms with E-state index >= 15 is 0 Å². The van der Waals surface area contributed by atoms with Gasteiger partial charge in [0, 0.05) is 54.8 Å². The largest absolute Gasteiger partial charge is 0.487 e. The number of nitrogens with zero attached hydrogens (tertiary/aromatic N) is 2. The minimum Gasteiger partial charge on any atom is -0.487 e. The van der Waals surface area contributed by atoms with E-state index in [0.29, 0.717) is 0 Å². The van der Waals surface area contributed by atoms with E-state index in [-0.39, 0.29) is 5.41 Å². The molecule has 0 saturated heterocycles. The monoisotopic (exact) mass is 854 g/mol. The van der Waals surface area contributed by atoms with Gasteiger partial charge >= 0.3 is 0 Å². The normalized spacial score (nSPS) is 12.4. The standard InChI is InChI=1S/C62H50N2O2/c1-61(2,3)43-36-50(39-18-8-7-9-19-39)60(66-62(4,5)6)51(37-43)41-29-31-59-53(35-41)52-34-40(28-30-58(52)65-59)42-32-44(63-54-24-14-10-20-46(54)47-21-11-15-25-55(47)63)38-45(33-42)64-56-26-16-12-22-48(56)49-23-13-17-27-57(49)64/h7-38H,1-6H3. The van der Waals surface area contributed by atoms with E-state index in [2.05, 4.69) is 245 Å². The molecule has 0 aliphatic carbocycles. The van der Waals surface area contributed by atoms with Crippen LogP contribution in [0.3, 0.4) is 0 Å². The number of fused-ring (bicyclic) bond motifs is 9. The first-order valence-corrected chi connectivity index (χ1v) is 23.0. The Balaban J connectivity index is 1.10. The van der Waals surface area contributed by atoms with Crippen molar-refractivity contribution in [3.05, 3.63) is 200 Å². The maximum Gasteiger partial charge on any atom is 0.135 e. The van der Waals surface area contributed by atoms with Gasteiger partial charge in [-0.25, -0.2) is 0 Å². The summed E-state index contributed by atoms with van der Waals surface area (Å²) in [6.45, 7) is 13.2. The molecular formula is C62H50N2O2. The van der Waals surface area contributed by atoms with E-state index in [1.165, 1.54) is 49.2 Å². The average Bonchev–Trinajstić information content (AvgIpc) is 3.98. The lowest BCUT2D eigenvalue weighted by Crippen LogP contribution is -2.24. The lowest BCUT2D eigenvalue weighted by molar-refractivity contribution is 0.132. The molecule has 0 amide bonds. The van der Waals surface area contributed by atoms with Gasteiger partial charge in [-0.15, -0.1) is 0 Å². The summed E-state index contributed by atoms with van der Waals surface area (Å²) in [5.41, 5.74) is 15.9. The van der Waals surface area contributed by atoms with Gasteiger partial charge in [0.1, 0.15) is 22.5 Å². The van der Waals surface area contributed by atoms with Gasteiger partial charge in [-0.2, -0.15) is 0 Å². The third-order valence-electron chi connectivity index (χ3n) is 13.1. The summed E-state index contributed by atoms with van der Waals surface area (Å²) >= 11 is 0. The maximum atomic E-state index is 6.96. The molecule has 0 N–H and O–H groups in total. The Bertz CT molecular complexity index is 3630. The summed E-state index contributed by atoms with van der Waals surface area (Å²) < 4.78 is 18.4. The van der Waals surface area contributed by atoms with E-state index in [9.17, 15) is 0 Å². The molecule has 9 aromatic carbocycles. The van der Waals surface area contributed by atoms with Gasteiger partial charge in [-0.1, -0.05) is 136 Å². The number of hydrogen-bond acceptors (Lipinski definition) is 2. The van der Waals surface area contributed by atoms with E-state index in [4.69, 9.17) is 9.15 Å². The van der Waals surface area contributed by atoms with Crippen LogP contribution < -0.4 is 4.74 Å². The highest BCUT2D eigenvalue weighted by atomic mass is 16.5. The maximum absolute atomic E-state index is 6.96. The predicted molar refractivity (Wildman–Crippen MR) is 278 cm³/mol. The van der Waals surface area contributed by atoms with Crippen LogP contribution in [-0.4, -0.2) is 14.7 Å². The second-order valence-electron chi connectivity index (χ2n) is 19.7. The van der Waals surface area contributed by atoms with Crippen molar-refractivity contribution in [1.29, 1.82) is 0 Å². The zero-order valence-corrected chi connectivity index (χ0v) is 38.2. The van der Waals surface area contributed by atoms with Gasteiger partial charge in [0.05, 0.1) is 22.1 Å². The third kappa shape index (κ3) is 6.58. The second kappa shape index (κ2) is 14.9. The van der Waals surface area contributed by atoms with E-state index < -0.39 is 5.60 Å². The SMILES string of the molecule is CC(C)(C)Oc1c(-c2ccccc2)cc(C(C)(C)C)cc1-c1ccc2oc3ccc(-c4cc(-n5c6ccccc6c6ccccc65)cc(-n5c6ccccc6c6ccccc65)c4)cc3c2c1. The molecule has 0 spiro atoms. The smallest absolute Gasteiger partial charge is 0.135 e. The van der Waals surface area contributed by atoms with Crippen LogP contribution in [0.1, 0.15) is 47.1 Å². The van der Waals surface area contributed by atoms with Crippen LogP contribution in [0, 0.1) is 0 Å². The number of benzene rings is 9. The van der Waals surface area contributed by atoms with Crippen molar-refractivity contribution in [2.24, 2.45) is 0 Å². The minimum absolute atomic E-state index is 0.0915. The highest BCUT2D eigenvalue weighted by molar-refractivity contribution is 6.11. The van der Waals surface area contributed by atoms with Crippen LogP contribution in [0.4, 0.5) is 0 Å². The van der Waals surface area contributed by atoms with Crippen molar-refractivity contribution in [1.82, 2.24) is 9.13 Å². The van der Waals surface area contributed by atoms with Crippen LogP contribution in [-0.2, 0) is 5.41 Å². The van der Waals surface area contributed by atoms with Gasteiger partial charge in [-0.05, 0) is 133 Å². The molecule has 0 atom stereocenters. The zero-order valence-electron chi connectivity index (χ0n) is 38.2. The van der Waals surface area contributed by atoms with E-state index in [1.54, 1.807) is 0 Å². The lowest BCUT2D eigenvalue weighted by atomic mass is 9.82. The van der Waals surface area contributed by atoms with Crippen LogP contribution in [0.15, 0.2) is 199 Å². The molecule has 0 saturated carbocycles. The number of ether oxygens (including phenoxy) is 1. The number of rotatable bonds is 6.